The lowest BCUT2D eigenvalue weighted by Gasteiger charge is -2.18. The van der Waals surface area contributed by atoms with Gasteiger partial charge in [0, 0.05) is 18.3 Å². The maximum atomic E-state index is 13.8. The fourth-order valence-corrected chi connectivity index (χ4v) is 4.02. The predicted octanol–water partition coefficient (Wildman–Crippen LogP) is 6.52. The van der Waals surface area contributed by atoms with Gasteiger partial charge in [-0.25, -0.2) is 0 Å². The van der Waals surface area contributed by atoms with Crippen molar-refractivity contribution in [3.8, 4) is 28.0 Å². The molecule has 4 aromatic carbocycles. The minimum atomic E-state index is -0.409. The van der Waals surface area contributed by atoms with Crippen LogP contribution in [0.1, 0.15) is 21.5 Å². The molecule has 0 aliphatic rings. The normalized spacial score (nSPS) is 10.6. The summed E-state index contributed by atoms with van der Waals surface area (Å²) >= 11 is 0. The van der Waals surface area contributed by atoms with Crippen LogP contribution in [0.25, 0.3) is 22.3 Å². The maximum absolute atomic E-state index is 13.8. The number of aryl methyl sites for hydroxylation is 1. The summed E-state index contributed by atoms with van der Waals surface area (Å²) in [5.41, 5.74) is 4.07. The van der Waals surface area contributed by atoms with E-state index in [0.717, 1.165) is 5.56 Å². The molecule has 4 aromatic rings. The van der Waals surface area contributed by atoms with Crippen molar-refractivity contribution in [2.45, 2.75) is 6.92 Å². The number of nitro benzene ring substituents is 1. The number of rotatable bonds is 7. The smallest absolute Gasteiger partial charge is 0.285 e. The van der Waals surface area contributed by atoms with E-state index < -0.39 is 4.92 Å². The number of methoxy groups -OCH3 is 1. The van der Waals surface area contributed by atoms with Gasteiger partial charge < -0.3 is 10.1 Å². The van der Waals surface area contributed by atoms with Gasteiger partial charge in [-0.15, -0.1) is 0 Å². The van der Waals surface area contributed by atoms with Crippen LogP contribution < -0.4 is 10.1 Å². The molecule has 0 bridgehead atoms. The number of carbonyl (C=O) groups is 1. The fraction of sp³-hybridized carbons (Fsp3) is 0.107. The van der Waals surface area contributed by atoms with Gasteiger partial charge in [0.15, 0.2) is 5.78 Å². The highest BCUT2D eigenvalue weighted by atomic mass is 16.6. The molecule has 1 N–H and O–H groups in total. The molecule has 0 amide bonds. The van der Waals surface area contributed by atoms with Gasteiger partial charge in [0.2, 0.25) is 0 Å². The molecule has 0 spiro atoms. The Morgan fingerprint density at radius 1 is 0.912 bits per heavy atom. The number of hydrogen-bond acceptors (Lipinski definition) is 5. The number of benzene rings is 4. The number of nitro groups is 1. The molecule has 0 radical (unpaired) electrons. The molecular weight excluding hydrogens is 428 g/mol. The minimum Gasteiger partial charge on any atom is -0.497 e. The molecule has 4 rings (SSSR count). The van der Waals surface area contributed by atoms with Crippen molar-refractivity contribution in [2.75, 3.05) is 19.5 Å². The van der Waals surface area contributed by atoms with E-state index in [1.165, 1.54) is 0 Å². The van der Waals surface area contributed by atoms with Crippen molar-refractivity contribution in [2.24, 2.45) is 0 Å². The third kappa shape index (κ3) is 4.26. The Hall–Kier alpha value is -4.45. The third-order valence-electron chi connectivity index (χ3n) is 5.76. The van der Waals surface area contributed by atoms with Crippen molar-refractivity contribution in [1.29, 1.82) is 0 Å². The van der Waals surface area contributed by atoms with Crippen LogP contribution in [0, 0.1) is 17.0 Å². The molecule has 0 aliphatic carbocycles. The van der Waals surface area contributed by atoms with Gasteiger partial charge in [0.1, 0.15) is 5.75 Å². The minimum absolute atomic E-state index is 0.120. The molecular formula is C28H24N2O4. The molecule has 0 saturated heterocycles. The van der Waals surface area contributed by atoms with E-state index >= 15 is 0 Å². The standard InChI is InChI=1S/C28H24N2O4/c1-18-9-11-21(12-10-18)28(31)26-24(29-2)17-23(19-7-5-4-6-8-19)27(30(32)33)25(26)20-13-15-22(34-3)16-14-20/h4-17,29H,1-3H3. The van der Waals surface area contributed by atoms with E-state index in [1.54, 1.807) is 56.6 Å². The van der Waals surface area contributed by atoms with Gasteiger partial charge in [-0.2, -0.15) is 0 Å². The van der Waals surface area contributed by atoms with Crippen LogP contribution in [-0.2, 0) is 0 Å². The second-order valence-corrected chi connectivity index (χ2v) is 7.87. The first-order valence-electron chi connectivity index (χ1n) is 10.8. The maximum Gasteiger partial charge on any atom is 0.285 e. The van der Waals surface area contributed by atoms with E-state index in [2.05, 4.69) is 5.32 Å². The highest BCUT2D eigenvalue weighted by Gasteiger charge is 2.31. The second-order valence-electron chi connectivity index (χ2n) is 7.87. The van der Waals surface area contributed by atoms with Gasteiger partial charge in [0.25, 0.3) is 5.69 Å². The lowest BCUT2D eigenvalue weighted by Crippen LogP contribution is -2.11. The van der Waals surface area contributed by atoms with E-state index in [4.69, 9.17) is 4.74 Å². The van der Waals surface area contributed by atoms with E-state index in [0.29, 0.717) is 33.7 Å². The monoisotopic (exact) mass is 452 g/mol. The number of ether oxygens (including phenoxy) is 1. The van der Waals surface area contributed by atoms with Crippen molar-refractivity contribution >= 4 is 17.2 Å². The van der Waals surface area contributed by atoms with Crippen LogP contribution in [0.3, 0.4) is 0 Å². The first kappa shape index (κ1) is 22.7. The topological polar surface area (TPSA) is 81.5 Å². The number of nitrogens with one attached hydrogen (secondary N) is 1. The first-order valence-corrected chi connectivity index (χ1v) is 10.8. The summed E-state index contributed by atoms with van der Waals surface area (Å²) in [7, 11) is 3.26. The summed E-state index contributed by atoms with van der Waals surface area (Å²) in [6.07, 6.45) is 0. The Labute approximate surface area is 198 Å². The Balaban J connectivity index is 2.10. The Morgan fingerprint density at radius 2 is 1.56 bits per heavy atom. The van der Waals surface area contributed by atoms with Crippen LogP contribution in [0.5, 0.6) is 5.75 Å². The number of ketones is 1. The average molecular weight is 453 g/mol. The van der Waals surface area contributed by atoms with E-state index in [-0.39, 0.29) is 22.6 Å². The van der Waals surface area contributed by atoms with Crippen molar-refractivity contribution in [3.05, 3.63) is 112 Å². The zero-order chi connectivity index (χ0) is 24.2. The van der Waals surface area contributed by atoms with Crippen LogP contribution in [0.2, 0.25) is 0 Å². The summed E-state index contributed by atoms with van der Waals surface area (Å²) in [5, 5.41) is 15.6. The summed E-state index contributed by atoms with van der Waals surface area (Å²) in [4.78, 5) is 25.9. The molecule has 170 valence electrons. The molecule has 0 aromatic heterocycles. The van der Waals surface area contributed by atoms with Crippen LogP contribution >= 0.6 is 0 Å². The molecule has 0 atom stereocenters. The summed E-state index contributed by atoms with van der Waals surface area (Å²) < 4.78 is 5.27. The molecule has 34 heavy (non-hydrogen) atoms. The molecule has 0 unspecified atom stereocenters. The van der Waals surface area contributed by atoms with Gasteiger partial charge in [-0.1, -0.05) is 72.3 Å². The van der Waals surface area contributed by atoms with Crippen molar-refractivity contribution < 1.29 is 14.5 Å². The quantitative estimate of drug-likeness (QED) is 0.196. The highest BCUT2D eigenvalue weighted by molar-refractivity contribution is 6.18. The van der Waals surface area contributed by atoms with E-state index in [1.807, 2.05) is 49.4 Å². The third-order valence-corrected chi connectivity index (χ3v) is 5.76. The second kappa shape index (κ2) is 9.58. The van der Waals surface area contributed by atoms with Crippen LogP contribution in [-0.4, -0.2) is 24.9 Å². The van der Waals surface area contributed by atoms with E-state index in [9.17, 15) is 14.9 Å². The van der Waals surface area contributed by atoms with Crippen LogP contribution in [0.15, 0.2) is 84.9 Å². The molecule has 0 fully saturated rings. The van der Waals surface area contributed by atoms with Crippen molar-refractivity contribution in [3.63, 3.8) is 0 Å². The van der Waals surface area contributed by atoms with Crippen LogP contribution in [0.4, 0.5) is 11.4 Å². The molecule has 6 heteroatoms. The lowest BCUT2D eigenvalue weighted by atomic mass is 9.87. The fourth-order valence-electron chi connectivity index (χ4n) is 4.02. The molecule has 0 saturated carbocycles. The molecule has 0 aliphatic heterocycles. The Morgan fingerprint density at radius 3 is 2.12 bits per heavy atom. The lowest BCUT2D eigenvalue weighted by molar-refractivity contribution is -0.383. The summed E-state index contributed by atoms with van der Waals surface area (Å²) in [6, 6.07) is 25.0. The number of nitrogens with zero attached hydrogens (tertiary/aromatic N) is 1. The SMILES string of the molecule is CNc1cc(-c2ccccc2)c([N+](=O)[O-])c(-c2ccc(OC)cc2)c1C(=O)c1ccc(C)cc1. The summed E-state index contributed by atoms with van der Waals surface area (Å²) in [5.74, 6) is 0.323. The zero-order valence-electron chi connectivity index (χ0n) is 19.2. The molecule has 0 heterocycles. The number of anilines is 1. The molecule has 6 nitrogen and oxygen atoms in total. The first-order chi connectivity index (χ1) is 16.4. The largest absolute Gasteiger partial charge is 0.497 e. The highest BCUT2D eigenvalue weighted by Crippen LogP contribution is 2.45. The van der Waals surface area contributed by atoms with Gasteiger partial charge in [-0.05, 0) is 36.2 Å². The van der Waals surface area contributed by atoms with Crippen molar-refractivity contribution in [1.82, 2.24) is 0 Å². The predicted molar refractivity (Wildman–Crippen MR) is 135 cm³/mol. The number of carbonyl (C=O) groups excluding carboxylic acids is 1. The van der Waals surface area contributed by atoms with Gasteiger partial charge in [-0.3, -0.25) is 14.9 Å². The Kier molecular flexibility index (Phi) is 6.41. The number of hydrogen-bond donors (Lipinski definition) is 1. The van der Waals surface area contributed by atoms with Gasteiger partial charge >= 0.3 is 0 Å². The Bertz CT molecular complexity index is 1350. The summed E-state index contributed by atoms with van der Waals surface area (Å²) in [6.45, 7) is 1.94. The zero-order valence-corrected chi connectivity index (χ0v) is 19.2. The van der Waals surface area contributed by atoms with Gasteiger partial charge in [0.05, 0.1) is 28.7 Å². The average Bonchev–Trinajstić information content (AvgIpc) is 2.88.